The van der Waals surface area contributed by atoms with E-state index in [-0.39, 0.29) is 24.2 Å². The van der Waals surface area contributed by atoms with Crippen LogP contribution in [0.2, 0.25) is 0 Å². The van der Waals surface area contributed by atoms with E-state index in [1.807, 2.05) is 0 Å². The number of aliphatic hydroxyl groups is 2. The van der Waals surface area contributed by atoms with Crippen molar-refractivity contribution >= 4 is 0 Å². The van der Waals surface area contributed by atoms with Gasteiger partial charge in [0.1, 0.15) is 0 Å². The van der Waals surface area contributed by atoms with Crippen molar-refractivity contribution in [2.24, 2.45) is 0 Å². The lowest BCUT2D eigenvalue weighted by Crippen LogP contribution is -2.11. The second-order valence-corrected chi connectivity index (χ2v) is 2.28. The van der Waals surface area contributed by atoms with Crippen molar-refractivity contribution in [3.05, 3.63) is 0 Å². The van der Waals surface area contributed by atoms with Crippen molar-refractivity contribution in [1.82, 2.24) is 0 Å². The molecule has 0 aromatic rings. The molecule has 0 saturated carbocycles. The van der Waals surface area contributed by atoms with E-state index in [2.05, 4.69) is 0 Å². The quantitative estimate of drug-likeness (QED) is 0.396. The largest absolute Gasteiger partial charge is 0.412 e. The minimum absolute atomic E-state index is 0. The van der Waals surface area contributed by atoms with Gasteiger partial charge in [0.25, 0.3) is 0 Å². The third-order valence-electron chi connectivity index (χ3n) is 1.22. The molecule has 0 atom stereocenters. The molecule has 0 bridgehead atoms. The van der Waals surface area contributed by atoms with Crippen LogP contribution in [0.25, 0.3) is 0 Å². The Morgan fingerprint density at radius 1 is 0.533 bits per heavy atom. The minimum Gasteiger partial charge on any atom is -0.412 e. The Morgan fingerprint density at radius 3 is 1.07 bits per heavy atom. The third-order valence-corrected chi connectivity index (χ3v) is 1.22. The van der Waals surface area contributed by atoms with Crippen LogP contribution in [0.1, 0.15) is 0 Å². The van der Waals surface area contributed by atoms with Gasteiger partial charge in [0.2, 0.25) is 0 Å². The molecular weight excluding hydrogens is 208 g/mol. The molecular formula is C8H22O7. The second kappa shape index (κ2) is 19.3. The highest BCUT2D eigenvalue weighted by Gasteiger charge is 1.89. The number of rotatable bonds is 10. The molecule has 0 rings (SSSR count). The molecule has 0 aliphatic rings. The standard InChI is InChI=1S/C8H18O5.2H2O/c9-1-3-11-5-7-13-8-6-12-4-2-10;;/h9-10H,1-8H2;2*1H2. The predicted octanol–water partition coefficient (Wildman–Crippen LogP) is -2.63. The fourth-order valence-electron chi connectivity index (χ4n) is 0.671. The summed E-state index contributed by atoms with van der Waals surface area (Å²) >= 11 is 0. The Bertz CT molecular complexity index is 81.1. The van der Waals surface area contributed by atoms with E-state index < -0.39 is 0 Å². The Balaban J connectivity index is -0.000000720. The number of hydrogen-bond acceptors (Lipinski definition) is 5. The van der Waals surface area contributed by atoms with E-state index >= 15 is 0 Å². The lowest BCUT2D eigenvalue weighted by Gasteiger charge is -2.04. The van der Waals surface area contributed by atoms with Gasteiger partial charge in [-0.15, -0.1) is 0 Å². The highest BCUT2D eigenvalue weighted by Crippen LogP contribution is 1.80. The number of ether oxygens (including phenoxy) is 3. The fraction of sp³-hybridized carbons (Fsp3) is 1.00. The molecule has 0 aliphatic carbocycles. The van der Waals surface area contributed by atoms with Crippen molar-refractivity contribution in [2.75, 3.05) is 52.9 Å². The van der Waals surface area contributed by atoms with Crippen LogP contribution in [0.15, 0.2) is 0 Å². The molecule has 0 radical (unpaired) electrons. The first-order chi connectivity index (χ1) is 6.41. The average molecular weight is 230 g/mol. The number of hydrogen-bond donors (Lipinski definition) is 2. The molecule has 0 aromatic heterocycles. The van der Waals surface area contributed by atoms with Crippen molar-refractivity contribution in [3.63, 3.8) is 0 Å². The van der Waals surface area contributed by atoms with Crippen LogP contribution >= 0.6 is 0 Å². The molecule has 0 spiro atoms. The monoisotopic (exact) mass is 230 g/mol. The summed E-state index contributed by atoms with van der Waals surface area (Å²) in [7, 11) is 0. The Kier molecular flexibility index (Phi) is 26.0. The van der Waals surface area contributed by atoms with Gasteiger partial charge in [-0.3, -0.25) is 0 Å². The van der Waals surface area contributed by atoms with Crippen LogP contribution in [0.3, 0.4) is 0 Å². The smallest absolute Gasteiger partial charge is 0.0701 e. The van der Waals surface area contributed by atoms with E-state index in [1.165, 1.54) is 0 Å². The molecule has 7 heteroatoms. The molecule has 0 aromatic carbocycles. The SMILES string of the molecule is O.O.OCCOCCOCCOCCO. The van der Waals surface area contributed by atoms with Gasteiger partial charge in [0, 0.05) is 0 Å². The Hall–Kier alpha value is -0.280. The summed E-state index contributed by atoms with van der Waals surface area (Å²) in [6.45, 7) is 2.76. The highest BCUT2D eigenvalue weighted by atomic mass is 16.5. The van der Waals surface area contributed by atoms with E-state index in [0.29, 0.717) is 39.6 Å². The first-order valence-corrected chi connectivity index (χ1v) is 4.36. The average Bonchev–Trinajstić information content (AvgIpc) is 2.16. The van der Waals surface area contributed by atoms with Crippen molar-refractivity contribution in [2.45, 2.75) is 0 Å². The summed E-state index contributed by atoms with van der Waals surface area (Å²) in [5.41, 5.74) is 0. The van der Waals surface area contributed by atoms with Gasteiger partial charge in [-0.2, -0.15) is 0 Å². The van der Waals surface area contributed by atoms with Gasteiger partial charge in [0.05, 0.1) is 52.9 Å². The molecule has 0 unspecified atom stereocenters. The molecule has 0 saturated heterocycles. The maximum absolute atomic E-state index is 8.36. The van der Waals surface area contributed by atoms with Crippen LogP contribution in [0.5, 0.6) is 0 Å². The minimum atomic E-state index is 0. The van der Waals surface area contributed by atoms with Crippen LogP contribution < -0.4 is 0 Å². The zero-order chi connectivity index (χ0) is 9.78. The van der Waals surface area contributed by atoms with Crippen LogP contribution in [-0.2, 0) is 14.2 Å². The molecule has 0 fully saturated rings. The van der Waals surface area contributed by atoms with Crippen molar-refractivity contribution < 1.29 is 35.4 Å². The maximum atomic E-state index is 8.36. The summed E-state index contributed by atoms with van der Waals surface area (Å²) in [5.74, 6) is 0. The summed E-state index contributed by atoms with van der Waals surface area (Å²) in [6, 6.07) is 0. The van der Waals surface area contributed by atoms with Gasteiger partial charge < -0.3 is 35.4 Å². The van der Waals surface area contributed by atoms with Crippen molar-refractivity contribution in [3.8, 4) is 0 Å². The second-order valence-electron chi connectivity index (χ2n) is 2.28. The molecule has 0 heterocycles. The summed E-state index contributed by atoms with van der Waals surface area (Å²) in [6.07, 6.45) is 0. The molecule has 0 amide bonds. The summed E-state index contributed by atoms with van der Waals surface area (Å²) < 4.78 is 15.0. The molecule has 96 valence electrons. The van der Waals surface area contributed by atoms with Gasteiger partial charge >= 0.3 is 0 Å². The van der Waals surface area contributed by atoms with E-state index in [4.69, 9.17) is 24.4 Å². The maximum Gasteiger partial charge on any atom is 0.0701 e. The molecule has 0 aliphatic heterocycles. The lowest BCUT2D eigenvalue weighted by molar-refractivity contribution is 0.00230. The zero-order valence-electron chi connectivity index (χ0n) is 8.78. The highest BCUT2D eigenvalue weighted by molar-refractivity contribution is 4.33. The first-order valence-electron chi connectivity index (χ1n) is 4.36. The normalized spacial score (nSPS) is 9.20. The molecule has 6 N–H and O–H groups in total. The number of aliphatic hydroxyl groups excluding tert-OH is 2. The van der Waals surface area contributed by atoms with Crippen LogP contribution in [0, 0.1) is 0 Å². The van der Waals surface area contributed by atoms with Gasteiger partial charge in [-0.1, -0.05) is 0 Å². The van der Waals surface area contributed by atoms with E-state index in [1.54, 1.807) is 0 Å². The van der Waals surface area contributed by atoms with E-state index in [0.717, 1.165) is 0 Å². The Morgan fingerprint density at radius 2 is 0.800 bits per heavy atom. The third kappa shape index (κ3) is 19.9. The van der Waals surface area contributed by atoms with Crippen molar-refractivity contribution in [1.29, 1.82) is 0 Å². The van der Waals surface area contributed by atoms with Gasteiger partial charge in [-0.05, 0) is 0 Å². The first kappa shape index (κ1) is 20.2. The predicted molar refractivity (Wildman–Crippen MR) is 53.9 cm³/mol. The fourth-order valence-corrected chi connectivity index (χ4v) is 0.671. The van der Waals surface area contributed by atoms with Gasteiger partial charge in [0.15, 0.2) is 0 Å². The molecule has 7 nitrogen and oxygen atoms in total. The Labute approximate surface area is 89.2 Å². The summed E-state index contributed by atoms with van der Waals surface area (Å²) in [4.78, 5) is 0. The zero-order valence-corrected chi connectivity index (χ0v) is 8.78. The van der Waals surface area contributed by atoms with Crippen LogP contribution in [-0.4, -0.2) is 74.0 Å². The van der Waals surface area contributed by atoms with Crippen LogP contribution in [0.4, 0.5) is 0 Å². The van der Waals surface area contributed by atoms with E-state index in [9.17, 15) is 0 Å². The molecule has 15 heavy (non-hydrogen) atoms. The summed E-state index contributed by atoms with van der Waals surface area (Å²) in [5, 5.41) is 16.7. The topological polar surface area (TPSA) is 131 Å². The van der Waals surface area contributed by atoms with Gasteiger partial charge in [-0.25, -0.2) is 0 Å². The lowest BCUT2D eigenvalue weighted by atomic mass is 10.7.